The molecule has 0 atom stereocenters. The van der Waals surface area contributed by atoms with Crippen molar-refractivity contribution in [1.29, 1.82) is 0 Å². The van der Waals surface area contributed by atoms with Crippen molar-refractivity contribution in [3.8, 4) is 5.75 Å². The van der Waals surface area contributed by atoms with E-state index in [2.05, 4.69) is 26.3 Å². The fraction of sp³-hybridized carbons (Fsp3) is 0.455. The van der Waals surface area contributed by atoms with Gasteiger partial charge in [-0.3, -0.25) is 4.79 Å². The molecular formula is C22H27FN6O2. The second kappa shape index (κ2) is 7.79. The molecule has 4 rings (SSSR count). The monoisotopic (exact) mass is 426 g/mol. The van der Waals surface area contributed by atoms with Gasteiger partial charge in [0.25, 0.3) is 0 Å². The molecule has 0 saturated carbocycles. The zero-order valence-electron chi connectivity index (χ0n) is 18.3. The molecule has 0 bridgehead atoms. The van der Waals surface area contributed by atoms with Gasteiger partial charge in [-0.2, -0.15) is 14.4 Å². The second-order valence-corrected chi connectivity index (χ2v) is 8.94. The van der Waals surface area contributed by atoms with E-state index in [0.29, 0.717) is 36.6 Å². The van der Waals surface area contributed by atoms with Gasteiger partial charge in [-0.25, -0.2) is 4.98 Å². The molecule has 1 amide bonds. The summed E-state index contributed by atoms with van der Waals surface area (Å²) in [6.45, 7) is 8.79. The van der Waals surface area contributed by atoms with Gasteiger partial charge < -0.3 is 20.4 Å². The van der Waals surface area contributed by atoms with Gasteiger partial charge in [0.1, 0.15) is 11.6 Å². The number of amides is 1. The third-order valence-electron chi connectivity index (χ3n) is 5.25. The first-order valence-corrected chi connectivity index (χ1v) is 10.3. The Morgan fingerprint density at radius 3 is 2.81 bits per heavy atom. The molecule has 1 aliphatic heterocycles. The molecule has 1 aliphatic rings. The lowest BCUT2D eigenvalue weighted by Crippen LogP contribution is -2.40. The first-order valence-electron chi connectivity index (χ1n) is 10.3. The van der Waals surface area contributed by atoms with Crippen molar-refractivity contribution >= 4 is 22.9 Å². The predicted molar refractivity (Wildman–Crippen MR) is 115 cm³/mol. The Labute approximate surface area is 180 Å². The Kier molecular flexibility index (Phi) is 5.28. The molecule has 0 radical (unpaired) electrons. The first-order chi connectivity index (χ1) is 14.6. The summed E-state index contributed by atoms with van der Waals surface area (Å²) in [5.74, 6) is 1.41. The van der Waals surface area contributed by atoms with Crippen LogP contribution in [0.2, 0.25) is 0 Å². The predicted octanol–water partition coefficient (Wildman–Crippen LogP) is 2.69. The number of rotatable bonds is 5. The lowest BCUT2D eigenvalue weighted by Gasteiger charge is -2.20. The van der Waals surface area contributed by atoms with E-state index in [1.807, 2.05) is 33.8 Å². The van der Waals surface area contributed by atoms with E-state index in [1.165, 1.54) is 5.56 Å². The van der Waals surface area contributed by atoms with Gasteiger partial charge in [-0.1, -0.05) is 6.07 Å². The number of hydrogen-bond donors (Lipinski definition) is 2. The molecule has 9 heteroatoms. The molecule has 2 aromatic heterocycles. The summed E-state index contributed by atoms with van der Waals surface area (Å²) in [6, 6.07) is 4.17. The van der Waals surface area contributed by atoms with E-state index < -0.39 is 6.08 Å². The van der Waals surface area contributed by atoms with Crippen molar-refractivity contribution in [2.45, 2.75) is 59.0 Å². The van der Waals surface area contributed by atoms with Crippen LogP contribution in [0.5, 0.6) is 5.75 Å². The largest absolute Gasteiger partial charge is 0.493 e. The number of fused-ring (bicyclic) bond motifs is 2. The van der Waals surface area contributed by atoms with Crippen LogP contribution in [-0.4, -0.2) is 37.6 Å². The van der Waals surface area contributed by atoms with Crippen LogP contribution in [0.25, 0.3) is 11.2 Å². The topological polar surface area (TPSA) is 108 Å². The summed E-state index contributed by atoms with van der Waals surface area (Å²) < 4.78 is 21.4. The van der Waals surface area contributed by atoms with Crippen molar-refractivity contribution in [3.63, 3.8) is 0 Å². The van der Waals surface area contributed by atoms with E-state index in [0.717, 1.165) is 23.3 Å². The summed E-state index contributed by atoms with van der Waals surface area (Å²) in [5, 5.41) is 2.94. The molecular weight excluding hydrogens is 399 g/mol. The van der Waals surface area contributed by atoms with Crippen molar-refractivity contribution in [1.82, 2.24) is 24.8 Å². The zero-order valence-corrected chi connectivity index (χ0v) is 18.3. The average Bonchev–Trinajstić information content (AvgIpc) is 3.23. The van der Waals surface area contributed by atoms with Crippen LogP contribution in [0.1, 0.15) is 49.7 Å². The summed E-state index contributed by atoms with van der Waals surface area (Å²) in [4.78, 5) is 24.5. The fourth-order valence-corrected chi connectivity index (χ4v) is 3.85. The van der Waals surface area contributed by atoms with Crippen LogP contribution < -0.4 is 15.8 Å². The molecule has 3 aromatic rings. The van der Waals surface area contributed by atoms with Gasteiger partial charge in [-0.05, 0) is 50.5 Å². The summed E-state index contributed by atoms with van der Waals surface area (Å²) in [5.41, 5.74) is 9.57. The number of carbonyl (C=O) groups is 1. The first kappa shape index (κ1) is 21.0. The molecule has 0 aliphatic carbocycles. The summed E-state index contributed by atoms with van der Waals surface area (Å²) in [7, 11) is 0. The quantitative estimate of drug-likeness (QED) is 0.608. The van der Waals surface area contributed by atoms with Crippen LogP contribution in [0.3, 0.4) is 0 Å². The number of aryl methyl sites for hydroxylation is 2. The summed E-state index contributed by atoms with van der Waals surface area (Å²) in [6.07, 6.45) is 0.663. The molecule has 3 heterocycles. The van der Waals surface area contributed by atoms with E-state index in [4.69, 9.17) is 10.5 Å². The number of nitrogens with two attached hydrogens (primary N) is 1. The van der Waals surface area contributed by atoms with Gasteiger partial charge in [0, 0.05) is 31.3 Å². The fourth-order valence-electron chi connectivity index (χ4n) is 3.85. The lowest BCUT2D eigenvalue weighted by molar-refractivity contribution is -0.122. The number of halogens is 1. The molecule has 8 nitrogen and oxygen atoms in total. The van der Waals surface area contributed by atoms with Gasteiger partial charge >= 0.3 is 6.08 Å². The number of benzene rings is 1. The number of aromatic nitrogens is 4. The Bertz CT molecular complexity index is 1170. The number of carbonyl (C=O) groups excluding carboxylic acids is 1. The molecule has 0 saturated heterocycles. The van der Waals surface area contributed by atoms with E-state index >= 15 is 0 Å². The summed E-state index contributed by atoms with van der Waals surface area (Å²) >= 11 is 0. The number of nitrogens with zero attached hydrogens (tertiary/aromatic N) is 4. The highest BCUT2D eigenvalue weighted by atomic mass is 19.1. The Morgan fingerprint density at radius 2 is 2.06 bits per heavy atom. The Hall–Kier alpha value is -3.23. The van der Waals surface area contributed by atoms with Crippen molar-refractivity contribution in [2.24, 2.45) is 0 Å². The SMILES string of the molecule is Cc1cc2c(cc1Cc1nc3c(N)nc(F)nc3n1CCC(=O)NC(C)(C)C)OCC2. The molecule has 0 fully saturated rings. The van der Waals surface area contributed by atoms with Crippen molar-refractivity contribution in [3.05, 3.63) is 40.7 Å². The number of anilines is 1. The molecule has 31 heavy (non-hydrogen) atoms. The van der Waals surface area contributed by atoms with Crippen LogP contribution >= 0.6 is 0 Å². The van der Waals surface area contributed by atoms with E-state index in [9.17, 15) is 9.18 Å². The third kappa shape index (κ3) is 4.45. The van der Waals surface area contributed by atoms with Gasteiger partial charge in [-0.15, -0.1) is 0 Å². The zero-order chi connectivity index (χ0) is 22.3. The van der Waals surface area contributed by atoms with Gasteiger partial charge in [0.15, 0.2) is 17.0 Å². The minimum atomic E-state index is -0.918. The molecule has 1 aromatic carbocycles. The Morgan fingerprint density at radius 1 is 1.29 bits per heavy atom. The van der Waals surface area contributed by atoms with Crippen LogP contribution in [-0.2, 0) is 24.2 Å². The van der Waals surface area contributed by atoms with E-state index in [-0.39, 0.29) is 23.7 Å². The highest BCUT2D eigenvalue weighted by Crippen LogP contribution is 2.30. The molecule has 164 valence electrons. The molecule has 0 spiro atoms. The van der Waals surface area contributed by atoms with Crippen LogP contribution in [0.15, 0.2) is 12.1 Å². The number of nitrogens with one attached hydrogen (secondary N) is 1. The number of imidazole rings is 1. The normalized spacial score (nSPS) is 13.3. The number of nitrogen functional groups attached to an aromatic ring is 1. The maximum Gasteiger partial charge on any atom is 0.312 e. The van der Waals surface area contributed by atoms with E-state index in [1.54, 1.807) is 4.57 Å². The highest BCUT2D eigenvalue weighted by Gasteiger charge is 2.21. The minimum absolute atomic E-state index is 0.0179. The van der Waals surface area contributed by atoms with Crippen molar-refractivity contribution in [2.75, 3.05) is 12.3 Å². The smallest absolute Gasteiger partial charge is 0.312 e. The molecule has 3 N–H and O–H groups in total. The lowest BCUT2D eigenvalue weighted by atomic mass is 10.0. The average molecular weight is 426 g/mol. The third-order valence-corrected chi connectivity index (χ3v) is 5.25. The standard InChI is InChI=1S/C22H27FN6O2/c1-12-9-13-6-8-31-15(13)10-14(12)11-16-25-18-19(24)26-21(23)27-20(18)29(16)7-5-17(30)28-22(2,3)4/h9-10H,5-8,11H2,1-4H3,(H,28,30)(H2,24,26,27). The van der Waals surface area contributed by atoms with Gasteiger partial charge in [0.05, 0.1) is 6.61 Å². The second-order valence-electron chi connectivity index (χ2n) is 8.94. The molecule has 0 unspecified atom stereocenters. The Balaban J connectivity index is 1.70. The number of hydrogen-bond acceptors (Lipinski definition) is 6. The number of ether oxygens (including phenoxy) is 1. The minimum Gasteiger partial charge on any atom is -0.493 e. The van der Waals surface area contributed by atoms with Crippen LogP contribution in [0.4, 0.5) is 10.2 Å². The maximum absolute atomic E-state index is 13.9. The van der Waals surface area contributed by atoms with Crippen molar-refractivity contribution < 1.29 is 13.9 Å². The maximum atomic E-state index is 13.9. The van der Waals surface area contributed by atoms with Gasteiger partial charge in [0.2, 0.25) is 5.91 Å². The van der Waals surface area contributed by atoms with Crippen LogP contribution in [0, 0.1) is 13.0 Å². The highest BCUT2D eigenvalue weighted by molar-refractivity contribution is 5.82.